The Morgan fingerprint density at radius 3 is 2.62 bits per heavy atom. The maximum Gasteiger partial charge on any atom is 0.434 e. The van der Waals surface area contributed by atoms with Gasteiger partial charge in [0.05, 0.1) is 0 Å². The molecule has 13 heavy (non-hydrogen) atoms. The van der Waals surface area contributed by atoms with Crippen molar-refractivity contribution in [1.29, 1.82) is 0 Å². The van der Waals surface area contributed by atoms with Crippen molar-refractivity contribution in [2.24, 2.45) is 5.73 Å². The molecule has 0 unspecified atom stereocenters. The first-order valence-electron chi connectivity index (χ1n) is 4.56. The topological polar surface area (TPSA) is 84.9 Å². The van der Waals surface area contributed by atoms with Crippen molar-refractivity contribution in [3.8, 4) is 0 Å². The van der Waals surface area contributed by atoms with E-state index >= 15 is 0 Å². The Hall–Kier alpha value is -1.10. The van der Waals surface area contributed by atoms with Gasteiger partial charge in [0.15, 0.2) is 0 Å². The van der Waals surface area contributed by atoms with Crippen LogP contribution >= 0.6 is 0 Å². The highest BCUT2D eigenvalue weighted by molar-refractivity contribution is 4.92. The second-order valence-electron chi connectivity index (χ2n) is 3.56. The van der Waals surface area contributed by atoms with Crippen LogP contribution in [0.5, 0.6) is 0 Å². The first-order chi connectivity index (χ1) is 6.25. The third kappa shape index (κ3) is 1.80. The maximum absolute atomic E-state index is 10.7. The number of aromatic amines is 1. The molecule has 1 aromatic heterocycles. The van der Waals surface area contributed by atoms with Crippen LogP contribution in [0.15, 0.2) is 9.21 Å². The van der Waals surface area contributed by atoms with Crippen molar-refractivity contribution in [1.82, 2.24) is 10.2 Å². The average molecular weight is 183 g/mol. The van der Waals surface area contributed by atoms with Crippen molar-refractivity contribution in [2.45, 2.75) is 37.6 Å². The number of rotatable bonds is 1. The van der Waals surface area contributed by atoms with Gasteiger partial charge in [-0.2, -0.15) is 0 Å². The van der Waals surface area contributed by atoms with Gasteiger partial charge in [0.2, 0.25) is 5.89 Å². The van der Waals surface area contributed by atoms with E-state index in [9.17, 15) is 4.79 Å². The van der Waals surface area contributed by atoms with Crippen LogP contribution in [0.2, 0.25) is 0 Å². The number of nitrogens with zero attached hydrogens (tertiary/aromatic N) is 1. The van der Waals surface area contributed by atoms with Gasteiger partial charge in [0.25, 0.3) is 0 Å². The van der Waals surface area contributed by atoms with Gasteiger partial charge in [-0.25, -0.2) is 9.89 Å². The molecule has 1 fully saturated rings. The van der Waals surface area contributed by atoms with Crippen molar-refractivity contribution in [3.63, 3.8) is 0 Å². The van der Waals surface area contributed by atoms with Gasteiger partial charge >= 0.3 is 5.76 Å². The molecule has 2 rings (SSSR count). The van der Waals surface area contributed by atoms with Gasteiger partial charge < -0.3 is 10.2 Å². The van der Waals surface area contributed by atoms with Gasteiger partial charge in [-0.05, 0) is 25.7 Å². The molecule has 3 N–H and O–H groups in total. The molecule has 1 aromatic rings. The molecule has 1 heterocycles. The van der Waals surface area contributed by atoms with Crippen LogP contribution in [0.1, 0.15) is 37.5 Å². The zero-order chi connectivity index (χ0) is 9.26. The number of H-pyrrole nitrogens is 1. The fourth-order valence-corrected chi connectivity index (χ4v) is 1.78. The third-order valence-corrected chi connectivity index (χ3v) is 2.58. The SMILES string of the molecule is N[C@H]1CC[C@H](c2n[nH]c(=O)o2)CC1. The Morgan fingerprint density at radius 2 is 2.08 bits per heavy atom. The summed E-state index contributed by atoms with van der Waals surface area (Å²) in [5.74, 6) is 0.348. The molecule has 0 spiro atoms. The highest BCUT2D eigenvalue weighted by Crippen LogP contribution is 2.30. The van der Waals surface area contributed by atoms with E-state index in [1.165, 1.54) is 0 Å². The lowest BCUT2D eigenvalue weighted by atomic mass is 9.86. The number of hydrogen-bond acceptors (Lipinski definition) is 4. The molecule has 0 atom stereocenters. The Morgan fingerprint density at radius 1 is 1.38 bits per heavy atom. The molecule has 1 saturated carbocycles. The normalized spacial score (nSPS) is 29.0. The van der Waals surface area contributed by atoms with E-state index in [2.05, 4.69) is 10.2 Å². The first kappa shape index (κ1) is 8.50. The summed E-state index contributed by atoms with van der Waals surface area (Å²) in [6.45, 7) is 0. The summed E-state index contributed by atoms with van der Waals surface area (Å²) in [7, 11) is 0. The highest BCUT2D eigenvalue weighted by atomic mass is 16.4. The molecule has 5 nitrogen and oxygen atoms in total. The molecule has 0 amide bonds. The minimum Gasteiger partial charge on any atom is -0.392 e. The van der Waals surface area contributed by atoms with E-state index in [1.807, 2.05) is 0 Å². The van der Waals surface area contributed by atoms with Gasteiger partial charge in [-0.15, -0.1) is 5.10 Å². The van der Waals surface area contributed by atoms with E-state index < -0.39 is 5.76 Å². The summed E-state index contributed by atoms with van der Waals surface area (Å²) in [5.41, 5.74) is 5.76. The minimum absolute atomic E-state index is 0.277. The third-order valence-electron chi connectivity index (χ3n) is 2.58. The number of hydrogen-bond donors (Lipinski definition) is 2. The number of nitrogens with one attached hydrogen (secondary N) is 1. The van der Waals surface area contributed by atoms with Crippen molar-refractivity contribution >= 4 is 0 Å². The monoisotopic (exact) mass is 183 g/mol. The van der Waals surface area contributed by atoms with Gasteiger partial charge in [-0.1, -0.05) is 0 Å². The molecule has 0 bridgehead atoms. The average Bonchev–Trinajstić information content (AvgIpc) is 2.53. The van der Waals surface area contributed by atoms with Crippen LogP contribution in [0.25, 0.3) is 0 Å². The predicted molar refractivity (Wildman–Crippen MR) is 46.3 cm³/mol. The van der Waals surface area contributed by atoms with E-state index in [4.69, 9.17) is 10.2 Å². The second-order valence-corrected chi connectivity index (χ2v) is 3.56. The molecule has 5 heteroatoms. The molecule has 0 saturated heterocycles. The van der Waals surface area contributed by atoms with Crippen molar-refractivity contribution in [2.75, 3.05) is 0 Å². The molecule has 72 valence electrons. The Kier molecular flexibility index (Phi) is 2.18. The lowest BCUT2D eigenvalue weighted by molar-refractivity contribution is 0.332. The Balaban J connectivity index is 2.06. The summed E-state index contributed by atoms with van der Waals surface area (Å²) in [6.07, 6.45) is 3.91. The van der Waals surface area contributed by atoms with Gasteiger partial charge in [0, 0.05) is 12.0 Å². The second kappa shape index (κ2) is 3.33. The van der Waals surface area contributed by atoms with Crippen LogP contribution in [0, 0.1) is 0 Å². The molecule has 1 aliphatic carbocycles. The standard InChI is InChI=1S/C8H13N3O2/c9-6-3-1-5(2-4-6)7-10-11-8(12)13-7/h5-6H,1-4,9H2,(H,11,12)/t5-,6-. The fraction of sp³-hybridized carbons (Fsp3) is 0.750. The lowest BCUT2D eigenvalue weighted by Gasteiger charge is -2.22. The van der Waals surface area contributed by atoms with E-state index in [1.54, 1.807) is 0 Å². The fourth-order valence-electron chi connectivity index (χ4n) is 1.78. The Bertz CT molecular complexity index is 322. The molecular weight excluding hydrogens is 170 g/mol. The number of nitrogens with two attached hydrogens (primary N) is 1. The highest BCUT2D eigenvalue weighted by Gasteiger charge is 2.23. The molecule has 1 aliphatic rings. The number of aromatic nitrogens is 2. The van der Waals surface area contributed by atoms with Crippen LogP contribution in [-0.4, -0.2) is 16.2 Å². The Labute approximate surface area is 75.3 Å². The quantitative estimate of drug-likeness (QED) is 0.657. The van der Waals surface area contributed by atoms with Crippen molar-refractivity contribution in [3.05, 3.63) is 16.4 Å². The molecule has 0 aliphatic heterocycles. The maximum atomic E-state index is 10.7. The lowest BCUT2D eigenvalue weighted by Crippen LogP contribution is -2.25. The van der Waals surface area contributed by atoms with Crippen LogP contribution in [0.4, 0.5) is 0 Å². The summed E-state index contributed by atoms with van der Waals surface area (Å²) in [5, 5.41) is 6.09. The molecule has 0 radical (unpaired) electrons. The van der Waals surface area contributed by atoms with Gasteiger partial charge in [0.1, 0.15) is 0 Å². The smallest absolute Gasteiger partial charge is 0.392 e. The molecular formula is C8H13N3O2. The van der Waals surface area contributed by atoms with Crippen LogP contribution in [0.3, 0.4) is 0 Å². The van der Waals surface area contributed by atoms with E-state index in [0.717, 1.165) is 25.7 Å². The van der Waals surface area contributed by atoms with E-state index in [-0.39, 0.29) is 5.92 Å². The largest absolute Gasteiger partial charge is 0.434 e. The first-order valence-corrected chi connectivity index (χ1v) is 4.56. The van der Waals surface area contributed by atoms with Crippen LogP contribution in [-0.2, 0) is 0 Å². The zero-order valence-corrected chi connectivity index (χ0v) is 7.32. The van der Waals surface area contributed by atoms with Crippen molar-refractivity contribution < 1.29 is 4.42 Å². The zero-order valence-electron chi connectivity index (χ0n) is 7.32. The summed E-state index contributed by atoms with van der Waals surface area (Å²) in [4.78, 5) is 10.7. The van der Waals surface area contributed by atoms with Gasteiger partial charge in [-0.3, -0.25) is 0 Å². The summed E-state index contributed by atoms with van der Waals surface area (Å²) >= 11 is 0. The van der Waals surface area contributed by atoms with Crippen LogP contribution < -0.4 is 11.5 Å². The van der Waals surface area contributed by atoms with E-state index in [0.29, 0.717) is 11.9 Å². The predicted octanol–water partition coefficient (Wildman–Crippen LogP) is 0.348. The summed E-state index contributed by atoms with van der Waals surface area (Å²) in [6, 6.07) is 0.307. The minimum atomic E-state index is -0.468. The summed E-state index contributed by atoms with van der Waals surface area (Å²) < 4.78 is 4.90. The molecule has 0 aromatic carbocycles.